The Hall–Kier alpha value is 0.0400. The smallest absolute Gasteiger partial charge is 0.143 e. The highest BCUT2D eigenvalue weighted by atomic mass is 79.9. The monoisotopic (exact) mass is 312 g/mol. The second-order valence-electron chi connectivity index (χ2n) is 6.54. The molecule has 0 radical (unpaired) electrons. The van der Waals surface area contributed by atoms with Crippen LogP contribution in [0.5, 0.6) is 0 Å². The average molecular weight is 313 g/mol. The number of hydrogen-bond acceptors (Lipinski definition) is 3. The molecule has 4 heteroatoms. The first-order valence-electron chi connectivity index (χ1n) is 6.69. The van der Waals surface area contributed by atoms with Crippen molar-refractivity contribution in [2.75, 3.05) is 0 Å². The van der Waals surface area contributed by atoms with E-state index < -0.39 is 0 Å². The summed E-state index contributed by atoms with van der Waals surface area (Å²) in [6, 6.07) is 0. The third-order valence-corrected chi connectivity index (χ3v) is 6.49. The van der Waals surface area contributed by atoms with Crippen LogP contribution in [0.1, 0.15) is 43.5 Å². The molecule has 4 aliphatic carbocycles. The van der Waals surface area contributed by atoms with Crippen molar-refractivity contribution in [2.24, 2.45) is 23.2 Å². The Labute approximate surface area is 114 Å². The fraction of sp³-hybridized carbons (Fsp3) is 0.846. The van der Waals surface area contributed by atoms with E-state index in [0.717, 1.165) is 21.7 Å². The second kappa shape index (κ2) is 3.77. The molecule has 5 rings (SSSR count). The Balaban J connectivity index is 1.60. The van der Waals surface area contributed by atoms with Gasteiger partial charge < -0.3 is 0 Å². The lowest BCUT2D eigenvalue weighted by Gasteiger charge is -2.56. The Bertz CT molecular complexity index is 407. The largest absolute Gasteiger partial charge is 0.183 e. The zero-order valence-electron chi connectivity index (χ0n) is 9.86. The van der Waals surface area contributed by atoms with Crippen molar-refractivity contribution < 1.29 is 0 Å². The number of rotatable bonds is 2. The van der Waals surface area contributed by atoms with Crippen molar-refractivity contribution in [2.45, 2.75) is 44.9 Å². The van der Waals surface area contributed by atoms with E-state index in [1.54, 1.807) is 11.3 Å². The van der Waals surface area contributed by atoms with Crippen molar-refractivity contribution >= 4 is 27.3 Å². The third kappa shape index (κ3) is 1.88. The van der Waals surface area contributed by atoms with E-state index in [0.29, 0.717) is 5.41 Å². The van der Waals surface area contributed by atoms with Crippen LogP contribution in [0.25, 0.3) is 0 Å². The summed E-state index contributed by atoms with van der Waals surface area (Å²) in [5.74, 6) is 3.12. The van der Waals surface area contributed by atoms with Gasteiger partial charge in [-0.05, 0) is 77.6 Å². The van der Waals surface area contributed by atoms with Crippen molar-refractivity contribution in [3.05, 3.63) is 8.92 Å². The molecular formula is C13H17BrN2S. The van der Waals surface area contributed by atoms with Crippen LogP contribution in [-0.4, -0.2) is 10.2 Å². The molecule has 0 amide bonds. The van der Waals surface area contributed by atoms with Gasteiger partial charge in [-0.3, -0.25) is 0 Å². The van der Waals surface area contributed by atoms with Gasteiger partial charge in [0.2, 0.25) is 0 Å². The Kier molecular flexibility index (Phi) is 2.42. The summed E-state index contributed by atoms with van der Waals surface area (Å²) in [6.45, 7) is 0. The minimum atomic E-state index is 0.605. The highest BCUT2D eigenvalue weighted by molar-refractivity contribution is 9.11. The second-order valence-corrected chi connectivity index (χ2v) is 8.88. The maximum Gasteiger partial charge on any atom is 0.183 e. The summed E-state index contributed by atoms with van der Waals surface area (Å²) in [6.07, 6.45) is 10.2. The lowest BCUT2D eigenvalue weighted by molar-refractivity contribution is -0.0522. The van der Waals surface area contributed by atoms with Gasteiger partial charge in [0.05, 0.1) is 0 Å². The molecule has 4 aliphatic rings. The molecule has 0 atom stereocenters. The lowest BCUT2D eigenvalue weighted by Crippen LogP contribution is -2.47. The van der Waals surface area contributed by atoms with Crippen LogP contribution in [0.4, 0.5) is 0 Å². The fourth-order valence-corrected chi connectivity index (χ4v) is 6.51. The van der Waals surface area contributed by atoms with Gasteiger partial charge in [0.25, 0.3) is 0 Å². The lowest BCUT2D eigenvalue weighted by atomic mass is 9.49. The summed E-state index contributed by atoms with van der Waals surface area (Å²) in [5, 5.41) is 9.66. The summed E-state index contributed by atoms with van der Waals surface area (Å²) in [5.41, 5.74) is 0.605. The zero-order valence-corrected chi connectivity index (χ0v) is 12.3. The summed E-state index contributed by atoms with van der Waals surface area (Å²) in [4.78, 5) is 0. The van der Waals surface area contributed by atoms with Crippen LogP contribution in [0.15, 0.2) is 3.92 Å². The van der Waals surface area contributed by atoms with Crippen molar-refractivity contribution in [3.63, 3.8) is 0 Å². The Morgan fingerprint density at radius 2 is 1.65 bits per heavy atom. The van der Waals surface area contributed by atoms with E-state index in [9.17, 15) is 0 Å². The maximum absolute atomic E-state index is 4.31. The predicted molar refractivity (Wildman–Crippen MR) is 71.9 cm³/mol. The first kappa shape index (κ1) is 10.9. The van der Waals surface area contributed by atoms with Gasteiger partial charge in [-0.1, -0.05) is 11.3 Å². The molecule has 0 saturated heterocycles. The van der Waals surface area contributed by atoms with E-state index in [1.807, 2.05) is 0 Å². The minimum absolute atomic E-state index is 0.605. The molecule has 0 unspecified atom stereocenters. The molecule has 4 bridgehead atoms. The molecule has 92 valence electrons. The topological polar surface area (TPSA) is 25.8 Å². The van der Waals surface area contributed by atoms with Crippen LogP contribution >= 0.6 is 27.3 Å². The Morgan fingerprint density at radius 1 is 1.06 bits per heavy atom. The molecule has 1 aromatic rings. The highest BCUT2D eigenvalue weighted by Gasteiger charge is 2.50. The van der Waals surface area contributed by atoms with Crippen molar-refractivity contribution in [3.8, 4) is 0 Å². The molecule has 1 aromatic heterocycles. The number of halogens is 1. The van der Waals surface area contributed by atoms with Gasteiger partial charge in [0.1, 0.15) is 5.01 Å². The quantitative estimate of drug-likeness (QED) is 0.823. The SMILES string of the molecule is Brc1nnc(CC23CC4CC(CC(C4)C2)C3)s1. The number of nitrogens with zero attached hydrogens (tertiary/aromatic N) is 2. The standard InChI is InChI=1S/C13H17BrN2S/c14-12-16-15-11(17-12)7-13-4-8-1-9(5-13)3-10(2-8)6-13/h8-10H,1-7H2. The van der Waals surface area contributed by atoms with Gasteiger partial charge in [-0.2, -0.15) is 0 Å². The van der Waals surface area contributed by atoms with Gasteiger partial charge in [0, 0.05) is 6.42 Å². The van der Waals surface area contributed by atoms with Crippen molar-refractivity contribution in [1.29, 1.82) is 0 Å². The van der Waals surface area contributed by atoms with Gasteiger partial charge in [-0.25, -0.2) is 0 Å². The highest BCUT2D eigenvalue weighted by Crippen LogP contribution is 2.61. The van der Waals surface area contributed by atoms with Gasteiger partial charge >= 0.3 is 0 Å². The fourth-order valence-electron chi connectivity index (χ4n) is 5.13. The zero-order chi connectivity index (χ0) is 11.5. The first-order valence-corrected chi connectivity index (χ1v) is 8.30. The molecule has 1 heterocycles. The van der Waals surface area contributed by atoms with Crippen LogP contribution < -0.4 is 0 Å². The number of aromatic nitrogens is 2. The summed E-state index contributed by atoms with van der Waals surface area (Å²) in [7, 11) is 0. The molecule has 2 nitrogen and oxygen atoms in total. The normalized spacial score (nSPS) is 43.2. The van der Waals surface area contributed by atoms with E-state index >= 15 is 0 Å². The molecule has 0 aliphatic heterocycles. The third-order valence-electron chi connectivity index (χ3n) is 5.13. The summed E-state index contributed by atoms with van der Waals surface area (Å²) >= 11 is 5.16. The maximum atomic E-state index is 4.31. The molecular weight excluding hydrogens is 296 g/mol. The molecule has 4 fully saturated rings. The summed E-state index contributed by atoms with van der Waals surface area (Å²) < 4.78 is 0.942. The number of hydrogen-bond donors (Lipinski definition) is 0. The molecule has 0 spiro atoms. The Morgan fingerprint density at radius 3 is 2.12 bits per heavy atom. The molecule has 0 N–H and O–H groups in total. The average Bonchev–Trinajstić information content (AvgIpc) is 2.60. The van der Waals surface area contributed by atoms with Crippen LogP contribution in [-0.2, 0) is 6.42 Å². The molecule has 0 aromatic carbocycles. The van der Waals surface area contributed by atoms with Crippen LogP contribution in [0, 0.1) is 23.2 Å². The van der Waals surface area contributed by atoms with Gasteiger partial charge in [0.15, 0.2) is 3.92 Å². The van der Waals surface area contributed by atoms with E-state index in [4.69, 9.17) is 0 Å². The van der Waals surface area contributed by atoms with E-state index in [2.05, 4.69) is 26.1 Å². The first-order chi connectivity index (χ1) is 8.21. The molecule has 4 saturated carbocycles. The van der Waals surface area contributed by atoms with Crippen molar-refractivity contribution in [1.82, 2.24) is 10.2 Å². The van der Waals surface area contributed by atoms with E-state index in [1.165, 1.54) is 50.0 Å². The van der Waals surface area contributed by atoms with Crippen LogP contribution in [0.3, 0.4) is 0 Å². The van der Waals surface area contributed by atoms with Gasteiger partial charge in [-0.15, -0.1) is 10.2 Å². The van der Waals surface area contributed by atoms with Crippen LogP contribution in [0.2, 0.25) is 0 Å². The molecule has 17 heavy (non-hydrogen) atoms. The van der Waals surface area contributed by atoms with E-state index in [-0.39, 0.29) is 0 Å². The predicted octanol–water partition coefficient (Wildman–Crippen LogP) is 4.06. The minimum Gasteiger partial charge on any atom is -0.143 e.